The molecule has 0 saturated heterocycles. The number of benzene rings is 6. The molecule has 3 nitrogen and oxygen atoms in total. The molecule has 5 heterocycles. The molecule has 1 aromatic heterocycles. The largest absolute Gasteiger partial charge is 0.440 e. The van der Waals surface area contributed by atoms with Crippen LogP contribution >= 0.6 is 0 Å². The maximum Gasteiger partial charge on any atom is 0.257 e. The van der Waals surface area contributed by atoms with Crippen molar-refractivity contribution in [1.29, 1.82) is 0 Å². The molecule has 5 heteroatoms. The lowest BCUT2D eigenvalue weighted by Crippen LogP contribution is -2.62. The summed E-state index contributed by atoms with van der Waals surface area (Å²) in [7, 11) is -2.07. The van der Waals surface area contributed by atoms with E-state index in [9.17, 15) is 0 Å². The maximum absolute atomic E-state index is 7.80. The Labute approximate surface area is 464 Å². The van der Waals surface area contributed by atoms with Crippen LogP contribution in [-0.4, -0.2) is 14.8 Å². The Bertz CT molecular complexity index is 3690. The molecule has 14 rings (SSSR count). The van der Waals surface area contributed by atoms with E-state index in [1.54, 1.807) is 5.19 Å². The number of rotatable bonds is 1. The van der Waals surface area contributed by atoms with Crippen LogP contribution in [0.25, 0.3) is 22.1 Å². The molecule has 0 fully saturated rings. The van der Waals surface area contributed by atoms with Gasteiger partial charge in [0.2, 0.25) is 5.88 Å². The summed E-state index contributed by atoms with van der Waals surface area (Å²) in [6, 6.07) is 40.8. The lowest BCUT2D eigenvalue weighted by molar-refractivity contribution is 0.325. The Morgan fingerprint density at radius 2 is 1.05 bits per heavy atom. The lowest BCUT2D eigenvalue weighted by atomic mass is 9.33. The van der Waals surface area contributed by atoms with Crippen molar-refractivity contribution in [3.05, 3.63) is 142 Å². The van der Waals surface area contributed by atoms with E-state index in [-0.39, 0.29) is 50.0 Å². The first-order valence-electron chi connectivity index (χ1n) is 29.6. The van der Waals surface area contributed by atoms with Crippen molar-refractivity contribution in [1.82, 2.24) is 0 Å². The zero-order valence-corrected chi connectivity index (χ0v) is 51.7. The van der Waals surface area contributed by atoms with E-state index in [0.717, 1.165) is 37.2 Å². The fourth-order valence-corrected chi connectivity index (χ4v) is 20.7. The Kier molecular flexibility index (Phi) is 10.3. The zero-order chi connectivity index (χ0) is 55.1. The van der Waals surface area contributed by atoms with Gasteiger partial charge in [-0.3, -0.25) is 4.90 Å². The average molecular weight is 1040 g/mol. The predicted molar refractivity (Wildman–Crippen MR) is 335 cm³/mol. The highest BCUT2D eigenvalue weighted by Gasteiger charge is 2.55. The molecule has 5 bridgehead atoms. The molecule has 1 unspecified atom stereocenters. The summed E-state index contributed by atoms with van der Waals surface area (Å²) in [5.74, 6) is 0.978. The first-order valence-corrected chi connectivity index (χ1v) is 32.7. The second-order valence-electron chi connectivity index (χ2n) is 31.9. The number of nitrogens with zero attached hydrogens (tertiary/aromatic N) is 2. The highest BCUT2D eigenvalue weighted by Crippen LogP contribution is 2.59. The van der Waals surface area contributed by atoms with Gasteiger partial charge in [-0.15, -0.1) is 0 Å². The summed E-state index contributed by atoms with van der Waals surface area (Å²) >= 11 is 0. The molecule has 7 aliphatic rings. The first kappa shape index (κ1) is 51.2. The molecule has 0 saturated carbocycles. The van der Waals surface area contributed by atoms with Gasteiger partial charge in [-0.05, 0) is 197 Å². The normalized spacial score (nSPS) is 22.0. The molecule has 1 atom stereocenters. The van der Waals surface area contributed by atoms with E-state index in [4.69, 9.17) is 4.42 Å². The minimum atomic E-state index is -2.07. The molecule has 3 aliphatic carbocycles. The van der Waals surface area contributed by atoms with Gasteiger partial charge in [-0.25, -0.2) is 0 Å². The van der Waals surface area contributed by atoms with Crippen LogP contribution in [0.3, 0.4) is 0 Å². The van der Waals surface area contributed by atoms with Crippen molar-refractivity contribution in [3.63, 3.8) is 0 Å². The first-order chi connectivity index (χ1) is 35.6. The SMILES string of the molecule is CC(C)(C)c1ccc2c(c1)-c1ccc(cc1)[Si](C)(C)C1CC(C)(C)c3cc4c(cc3C1(C)C)N2c1cc(C(C)(C)C)cc2c1B4c1c(oc3cc4c(cc13)C(C)(C)CCC4(C)C)N2c1ccc2c(c1)C(C)(C)CCC2(C)C. The fraction of sp³-hybridized carbons (Fsp3) is 0.472. The van der Waals surface area contributed by atoms with Crippen molar-refractivity contribution < 1.29 is 4.42 Å². The van der Waals surface area contributed by atoms with Crippen LogP contribution in [-0.2, 0) is 43.3 Å². The van der Waals surface area contributed by atoms with E-state index < -0.39 is 8.07 Å². The molecule has 7 aromatic rings. The second kappa shape index (κ2) is 15.6. The molecule has 398 valence electrons. The highest BCUT2D eigenvalue weighted by atomic mass is 28.3. The zero-order valence-electron chi connectivity index (χ0n) is 50.7. The quantitative estimate of drug-likeness (QED) is 0.153. The molecule has 6 aromatic carbocycles. The Balaban J connectivity index is 1.22. The van der Waals surface area contributed by atoms with Crippen LogP contribution in [0.2, 0.25) is 18.6 Å². The van der Waals surface area contributed by atoms with Crippen LogP contribution in [0.5, 0.6) is 0 Å². The third-order valence-electron chi connectivity index (χ3n) is 21.7. The van der Waals surface area contributed by atoms with Gasteiger partial charge < -0.3 is 9.32 Å². The molecule has 0 spiro atoms. The van der Waals surface area contributed by atoms with Crippen LogP contribution in [0.4, 0.5) is 34.3 Å². The van der Waals surface area contributed by atoms with Crippen LogP contribution in [0.15, 0.2) is 101 Å². The number of hydrogen-bond donors (Lipinski definition) is 0. The molecule has 4 aliphatic heterocycles. The molecule has 77 heavy (non-hydrogen) atoms. The van der Waals surface area contributed by atoms with Gasteiger partial charge in [0, 0.05) is 39.2 Å². The summed E-state index contributed by atoms with van der Waals surface area (Å²) in [4.78, 5) is 5.37. The summed E-state index contributed by atoms with van der Waals surface area (Å²) in [5, 5.41) is 2.82. The van der Waals surface area contributed by atoms with Gasteiger partial charge >= 0.3 is 0 Å². The highest BCUT2D eigenvalue weighted by molar-refractivity contribution is 7.01. The molecular formula is C72H87BN2OSi. The topological polar surface area (TPSA) is 19.6 Å². The Morgan fingerprint density at radius 3 is 1.66 bits per heavy atom. The lowest BCUT2D eigenvalue weighted by Gasteiger charge is -2.54. The van der Waals surface area contributed by atoms with E-state index in [0.29, 0.717) is 5.54 Å². The number of hydrogen-bond acceptors (Lipinski definition) is 3. The summed E-state index contributed by atoms with van der Waals surface area (Å²) in [5.41, 5.74) is 25.9. The average Bonchev–Trinajstić information content (AvgIpc) is 3.99. The smallest absolute Gasteiger partial charge is 0.257 e. The van der Waals surface area contributed by atoms with E-state index >= 15 is 0 Å². The molecule has 0 N–H and O–H groups in total. The van der Waals surface area contributed by atoms with Crippen molar-refractivity contribution >= 4 is 81.7 Å². The number of anilines is 6. The van der Waals surface area contributed by atoms with Gasteiger partial charge in [-0.1, -0.05) is 185 Å². The maximum atomic E-state index is 7.80. The molecule has 0 radical (unpaired) electrons. The molecular weight excluding hydrogens is 948 g/mol. The minimum Gasteiger partial charge on any atom is -0.440 e. The van der Waals surface area contributed by atoms with E-state index in [2.05, 4.69) is 245 Å². The number of furan rings is 1. The van der Waals surface area contributed by atoms with Crippen molar-refractivity contribution in [2.24, 2.45) is 0 Å². The second-order valence-corrected chi connectivity index (χ2v) is 36.6. The number of fused-ring (bicyclic) bond motifs is 9. The van der Waals surface area contributed by atoms with Crippen molar-refractivity contribution in [2.45, 2.75) is 219 Å². The standard InChI is InChI=1S/C72H87BN2OSi/c1-65(2,3)43-23-28-56-47(33-43)42-21-25-46(26-22-42)77(19,20)61-41-71(15,16)52-38-55-57(39-54(52)72(61,17)18)75(56)59-35-44(66(4,5)6)34-58-63(59)73(55)62-48-37-51-53(70(13,14)32-31-69(51,11)12)40-60(48)76-64(62)74(58)45-24-27-49-50(36-45)68(9,10)30-29-67(49,7)8/h21-28,33-40,61H,29-32,41H2,1-20H3. The van der Waals surface area contributed by atoms with E-state index in [1.165, 1.54) is 112 Å². The van der Waals surface area contributed by atoms with Crippen molar-refractivity contribution in [3.8, 4) is 11.1 Å². The van der Waals surface area contributed by atoms with Gasteiger partial charge in [0.25, 0.3) is 6.71 Å². The van der Waals surface area contributed by atoms with Gasteiger partial charge in [0.15, 0.2) is 0 Å². The van der Waals surface area contributed by atoms with Gasteiger partial charge in [-0.2, -0.15) is 0 Å². The monoisotopic (exact) mass is 1030 g/mol. The van der Waals surface area contributed by atoms with E-state index in [1.807, 2.05) is 0 Å². The molecule has 0 amide bonds. The summed E-state index contributed by atoms with van der Waals surface area (Å²) in [6.07, 6.45) is 5.81. The summed E-state index contributed by atoms with van der Waals surface area (Å²) in [6.45, 7) is 49.7. The van der Waals surface area contributed by atoms with Crippen LogP contribution < -0.4 is 31.4 Å². The summed E-state index contributed by atoms with van der Waals surface area (Å²) < 4.78 is 7.80. The van der Waals surface area contributed by atoms with Crippen LogP contribution in [0.1, 0.15) is 201 Å². The third kappa shape index (κ3) is 7.18. The van der Waals surface area contributed by atoms with Gasteiger partial charge in [0.1, 0.15) is 5.58 Å². The Hall–Kier alpha value is -5.26. The predicted octanol–water partition coefficient (Wildman–Crippen LogP) is 17.7. The third-order valence-corrected chi connectivity index (χ3v) is 26.2. The van der Waals surface area contributed by atoms with Gasteiger partial charge in [0.05, 0.1) is 13.8 Å². The Morgan fingerprint density at radius 1 is 0.494 bits per heavy atom. The van der Waals surface area contributed by atoms with Crippen LogP contribution in [0, 0.1) is 0 Å². The minimum absolute atomic E-state index is 0.0279. The fourth-order valence-electron chi connectivity index (χ4n) is 16.3. The van der Waals surface area contributed by atoms with Crippen molar-refractivity contribution in [2.75, 3.05) is 9.80 Å².